The lowest BCUT2D eigenvalue weighted by molar-refractivity contribution is 0.0651. The van der Waals surface area contributed by atoms with E-state index in [-0.39, 0.29) is 11.8 Å². The summed E-state index contributed by atoms with van der Waals surface area (Å²) in [5.74, 6) is 2.32. The lowest BCUT2D eigenvalue weighted by atomic mass is 9.96. The molecule has 0 bridgehead atoms. The number of nitrogens with one attached hydrogen (secondary N) is 1. The molecule has 0 radical (unpaired) electrons. The molecule has 1 fully saturated rings. The molecule has 0 aromatic carbocycles. The van der Waals surface area contributed by atoms with E-state index in [1.807, 2.05) is 18.7 Å². The fourth-order valence-corrected chi connectivity index (χ4v) is 2.93. The molecule has 2 aromatic heterocycles. The standard InChI is InChI=1S/C18H22N2O4/c1-12-3-5-15(23-12)17(21)19-11-14-7-9-20(10-8-14)18(22)16-6-4-13(2)24-16/h3-6,14H,7-11H2,1-2H3,(H,19,21). The quantitative estimate of drug-likeness (QED) is 0.935. The van der Waals surface area contributed by atoms with Crippen LogP contribution in [0.4, 0.5) is 0 Å². The summed E-state index contributed by atoms with van der Waals surface area (Å²) in [6.07, 6.45) is 1.73. The van der Waals surface area contributed by atoms with Crippen LogP contribution in [0.25, 0.3) is 0 Å². The second-order valence-corrected chi connectivity index (χ2v) is 6.27. The third kappa shape index (κ3) is 3.69. The summed E-state index contributed by atoms with van der Waals surface area (Å²) in [4.78, 5) is 26.1. The summed E-state index contributed by atoms with van der Waals surface area (Å²) in [5.41, 5.74) is 0. The van der Waals surface area contributed by atoms with Crippen molar-refractivity contribution in [1.82, 2.24) is 10.2 Å². The number of nitrogens with zero attached hydrogens (tertiary/aromatic N) is 1. The van der Waals surface area contributed by atoms with Gasteiger partial charge in [-0.3, -0.25) is 9.59 Å². The van der Waals surface area contributed by atoms with Crippen LogP contribution in [0.3, 0.4) is 0 Å². The number of hydrogen-bond acceptors (Lipinski definition) is 4. The molecular formula is C18H22N2O4. The van der Waals surface area contributed by atoms with Crippen molar-refractivity contribution in [2.75, 3.05) is 19.6 Å². The van der Waals surface area contributed by atoms with Crippen molar-refractivity contribution in [2.45, 2.75) is 26.7 Å². The van der Waals surface area contributed by atoms with Gasteiger partial charge in [0.2, 0.25) is 0 Å². The number of furan rings is 2. The minimum atomic E-state index is -0.187. The van der Waals surface area contributed by atoms with E-state index in [1.54, 1.807) is 24.3 Å². The summed E-state index contributed by atoms with van der Waals surface area (Å²) in [6.45, 7) is 5.59. The molecule has 24 heavy (non-hydrogen) atoms. The molecule has 2 amide bonds. The van der Waals surface area contributed by atoms with Crippen LogP contribution in [0, 0.1) is 19.8 Å². The zero-order valence-electron chi connectivity index (χ0n) is 14.0. The SMILES string of the molecule is Cc1ccc(C(=O)NCC2CCN(C(=O)c3ccc(C)o3)CC2)o1. The number of carbonyl (C=O) groups excluding carboxylic acids is 2. The van der Waals surface area contributed by atoms with Crippen LogP contribution in [0.5, 0.6) is 0 Å². The number of piperidine rings is 1. The number of rotatable bonds is 4. The molecule has 1 N–H and O–H groups in total. The van der Waals surface area contributed by atoms with E-state index in [4.69, 9.17) is 8.83 Å². The van der Waals surface area contributed by atoms with E-state index < -0.39 is 0 Å². The number of likely N-dealkylation sites (tertiary alicyclic amines) is 1. The highest BCUT2D eigenvalue weighted by Crippen LogP contribution is 2.19. The average Bonchev–Trinajstić information content (AvgIpc) is 3.21. The Hall–Kier alpha value is -2.50. The maximum Gasteiger partial charge on any atom is 0.289 e. The van der Waals surface area contributed by atoms with Crippen LogP contribution >= 0.6 is 0 Å². The molecule has 128 valence electrons. The Morgan fingerprint density at radius 2 is 1.62 bits per heavy atom. The molecule has 0 aliphatic carbocycles. The van der Waals surface area contributed by atoms with Gasteiger partial charge in [-0.15, -0.1) is 0 Å². The second kappa shape index (κ2) is 6.95. The van der Waals surface area contributed by atoms with Crippen molar-refractivity contribution >= 4 is 11.8 Å². The third-order valence-electron chi connectivity index (χ3n) is 4.37. The van der Waals surface area contributed by atoms with Crippen LogP contribution in [0.2, 0.25) is 0 Å². The highest BCUT2D eigenvalue weighted by molar-refractivity contribution is 5.92. The predicted molar refractivity (Wildman–Crippen MR) is 87.9 cm³/mol. The van der Waals surface area contributed by atoms with Crippen molar-refractivity contribution in [3.8, 4) is 0 Å². The molecule has 0 atom stereocenters. The first kappa shape index (κ1) is 16.4. The average molecular weight is 330 g/mol. The summed E-state index contributed by atoms with van der Waals surface area (Å²) in [5, 5.41) is 2.91. The molecule has 3 rings (SSSR count). The molecule has 6 nitrogen and oxygen atoms in total. The zero-order valence-corrected chi connectivity index (χ0v) is 14.0. The number of hydrogen-bond donors (Lipinski definition) is 1. The van der Waals surface area contributed by atoms with Gasteiger partial charge < -0.3 is 19.1 Å². The molecule has 1 aliphatic heterocycles. The van der Waals surface area contributed by atoms with Crippen molar-refractivity contribution in [3.63, 3.8) is 0 Å². The van der Waals surface area contributed by atoms with Crippen LogP contribution in [-0.2, 0) is 0 Å². The Labute approximate surface area is 140 Å². The maximum absolute atomic E-state index is 12.3. The normalized spacial score (nSPS) is 15.5. The van der Waals surface area contributed by atoms with Gasteiger partial charge in [-0.25, -0.2) is 0 Å². The molecule has 1 saturated heterocycles. The molecule has 0 spiro atoms. The van der Waals surface area contributed by atoms with Gasteiger partial charge in [0.05, 0.1) is 0 Å². The molecule has 0 saturated carbocycles. The van der Waals surface area contributed by atoms with E-state index in [9.17, 15) is 9.59 Å². The largest absolute Gasteiger partial charge is 0.456 e. The van der Waals surface area contributed by atoms with Gasteiger partial charge >= 0.3 is 0 Å². The van der Waals surface area contributed by atoms with Crippen molar-refractivity contribution in [2.24, 2.45) is 5.92 Å². The Morgan fingerprint density at radius 1 is 1.04 bits per heavy atom. The van der Waals surface area contributed by atoms with Gasteiger partial charge in [0, 0.05) is 19.6 Å². The van der Waals surface area contributed by atoms with Crippen molar-refractivity contribution in [3.05, 3.63) is 47.3 Å². The molecule has 1 aliphatic rings. The van der Waals surface area contributed by atoms with E-state index in [0.29, 0.717) is 37.1 Å². The lowest BCUT2D eigenvalue weighted by Crippen LogP contribution is -2.41. The lowest BCUT2D eigenvalue weighted by Gasteiger charge is -2.31. The van der Waals surface area contributed by atoms with Crippen LogP contribution in [-0.4, -0.2) is 36.3 Å². The van der Waals surface area contributed by atoms with E-state index in [1.165, 1.54) is 0 Å². The zero-order chi connectivity index (χ0) is 17.1. The van der Waals surface area contributed by atoms with Gasteiger partial charge in [0.25, 0.3) is 11.8 Å². The highest BCUT2D eigenvalue weighted by Gasteiger charge is 2.25. The molecular weight excluding hydrogens is 308 g/mol. The molecule has 6 heteroatoms. The van der Waals surface area contributed by atoms with E-state index >= 15 is 0 Å². The maximum atomic E-state index is 12.3. The van der Waals surface area contributed by atoms with Crippen molar-refractivity contribution < 1.29 is 18.4 Å². The van der Waals surface area contributed by atoms with Gasteiger partial charge in [0.1, 0.15) is 11.5 Å². The van der Waals surface area contributed by atoms with E-state index in [2.05, 4.69) is 5.32 Å². The Morgan fingerprint density at radius 3 is 2.17 bits per heavy atom. The number of carbonyl (C=O) groups is 2. The van der Waals surface area contributed by atoms with Crippen LogP contribution in [0.1, 0.15) is 45.5 Å². The Bertz CT molecular complexity index is 723. The first-order valence-corrected chi connectivity index (χ1v) is 8.23. The Balaban J connectivity index is 1.45. The topological polar surface area (TPSA) is 75.7 Å². The van der Waals surface area contributed by atoms with Crippen LogP contribution < -0.4 is 5.32 Å². The fraction of sp³-hybridized carbons (Fsp3) is 0.444. The summed E-state index contributed by atoms with van der Waals surface area (Å²) < 4.78 is 10.7. The monoisotopic (exact) mass is 330 g/mol. The minimum Gasteiger partial charge on any atom is -0.456 e. The second-order valence-electron chi connectivity index (χ2n) is 6.27. The first-order valence-electron chi connectivity index (χ1n) is 8.23. The summed E-state index contributed by atoms with van der Waals surface area (Å²) in [6, 6.07) is 6.97. The smallest absolute Gasteiger partial charge is 0.289 e. The highest BCUT2D eigenvalue weighted by atomic mass is 16.4. The van der Waals surface area contributed by atoms with Crippen LogP contribution in [0.15, 0.2) is 33.1 Å². The van der Waals surface area contributed by atoms with Gasteiger partial charge in [-0.1, -0.05) is 0 Å². The third-order valence-corrected chi connectivity index (χ3v) is 4.37. The van der Waals surface area contributed by atoms with Gasteiger partial charge in [-0.2, -0.15) is 0 Å². The minimum absolute atomic E-state index is 0.0587. The molecule has 3 heterocycles. The summed E-state index contributed by atoms with van der Waals surface area (Å²) in [7, 11) is 0. The first-order chi connectivity index (χ1) is 11.5. The predicted octanol–water partition coefficient (Wildman–Crippen LogP) is 2.77. The molecule has 2 aromatic rings. The summed E-state index contributed by atoms with van der Waals surface area (Å²) >= 11 is 0. The van der Waals surface area contributed by atoms with Gasteiger partial charge in [-0.05, 0) is 56.9 Å². The van der Waals surface area contributed by atoms with Crippen molar-refractivity contribution in [1.29, 1.82) is 0 Å². The number of amides is 2. The number of aryl methyl sites for hydroxylation is 2. The Kier molecular flexibility index (Phi) is 4.74. The van der Waals surface area contributed by atoms with E-state index in [0.717, 1.165) is 24.4 Å². The molecule has 0 unspecified atom stereocenters. The van der Waals surface area contributed by atoms with Gasteiger partial charge in [0.15, 0.2) is 11.5 Å². The fourth-order valence-electron chi connectivity index (χ4n) is 2.93.